The van der Waals surface area contributed by atoms with E-state index < -0.39 is 0 Å². The smallest absolute Gasteiger partial charge is 0.305 e. The molecule has 0 bridgehead atoms. The molecular weight excluding hydrogens is 266 g/mol. The monoisotopic (exact) mass is 277 g/mol. The normalized spacial score (nSPS) is 24.7. The second-order valence-electron chi connectivity index (χ2n) is 4.61. The molecule has 2 aromatic rings. The van der Waals surface area contributed by atoms with Gasteiger partial charge in [-0.05, 0) is 6.07 Å². The summed E-state index contributed by atoms with van der Waals surface area (Å²) in [5.74, 6) is 2.79. The largest absolute Gasteiger partial charge is 0.493 e. The Labute approximate surface area is 112 Å². The third kappa shape index (κ3) is 1.47. The number of ether oxygens (including phenoxy) is 1. The fraction of sp³-hybridized carbons (Fsp3) is 0.308. The number of aromatic amines is 1. The number of hydrogen-bond donors (Lipinski definition) is 1. The number of fused-ring (bicyclic) bond motifs is 5. The molecule has 1 N–H and O–H groups in total. The van der Waals surface area contributed by atoms with Gasteiger partial charge in [-0.3, -0.25) is 4.79 Å². The van der Waals surface area contributed by atoms with Crippen LogP contribution in [0.1, 0.15) is 16.4 Å². The van der Waals surface area contributed by atoms with Crippen LogP contribution in [0, 0.1) is 5.92 Å². The molecule has 0 aliphatic carbocycles. The predicted molar refractivity (Wildman–Crippen MR) is 72.9 cm³/mol. The molecule has 3 heterocycles. The van der Waals surface area contributed by atoms with Gasteiger partial charge in [0.15, 0.2) is 0 Å². The maximum atomic E-state index is 11.6. The van der Waals surface area contributed by atoms with E-state index in [1.165, 1.54) is 21.8 Å². The Hall–Kier alpha value is -1.20. The van der Waals surface area contributed by atoms with Crippen LogP contribution in [0.4, 0.5) is 0 Å². The Morgan fingerprint density at radius 1 is 1.33 bits per heavy atom. The molecule has 0 fully saturated rings. The number of rotatable bonds is 0. The molecule has 1 aromatic carbocycles. The number of thioether (sulfide) groups is 1. The van der Waals surface area contributed by atoms with Gasteiger partial charge in [0, 0.05) is 28.0 Å². The predicted octanol–water partition coefficient (Wildman–Crippen LogP) is 2.68. The van der Waals surface area contributed by atoms with Crippen LogP contribution in [0.2, 0.25) is 0 Å². The fourth-order valence-electron chi connectivity index (χ4n) is 2.74. The highest BCUT2D eigenvalue weighted by Crippen LogP contribution is 2.49. The van der Waals surface area contributed by atoms with Gasteiger partial charge in [0.2, 0.25) is 0 Å². The van der Waals surface area contributed by atoms with E-state index in [9.17, 15) is 4.79 Å². The first-order valence-corrected chi connectivity index (χ1v) is 7.70. The molecule has 0 radical (unpaired) electrons. The summed E-state index contributed by atoms with van der Waals surface area (Å²) in [6, 6.07) is 8.18. The molecular formula is C13H11NO2S2. The van der Waals surface area contributed by atoms with Crippen molar-refractivity contribution in [2.24, 2.45) is 5.92 Å². The van der Waals surface area contributed by atoms with Crippen LogP contribution < -0.4 is 9.61 Å². The van der Waals surface area contributed by atoms with Crippen molar-refractivity contribution in [3.05, 3.63) is 44.4 Å². The highest BCUT2D eigenvalue weighted by molar-refractivity contribution is 7.99. The molecule has 2 aliphatic heterocycles. The van der Waals surface area contributed by atoms with E-state index in [0.29, 0.717) is 11.8 Å². The lowest BCUT2D eigenvalue weighted by atomic mass is 9.84. The first-order valence-electron chi connectivity index (χ1n) is 5.90. The second-order valence-corrected chi connectivity index (χ2v) is 6.65. The standard InChI is InChI=1S/C13H11NO2S2/c15-13-14-12-11(18-13)10-7(6-17-12)5-16-9-4-2-1-3-8(9)10/h1-4,7,10H,5-6H2,(H,14,15)/t7-,10+/m0/s1. The average molecular weight is 277 g/mol. The summed E-state index contributed by atoms with van der Waals surface area (Å²) in [6.07, 6.45) is 0. The minimum absolute atomic E-state index is 0.0529. The zero-order valence-electron chi connectivity index (χ0n) is 9.51. The molecule has 0 amide bonds. The molecule has 0 saturated heterocycles. The zero-order chi connectivity index (χ0) is 12.1. The van der Waals surface area contributed by atoms with E-state index >= 15 is 0 Å². The summed E-state index contributed by atoms with van der Waals surface area (Å²) in [5.41, 5.74) is 1.23. The van der Waals surface area contributed by atoms with Crippen molar-refractivity contribution in [3.8, 4) is 5.75 Å². The van der Waals surface area contributed by atoms with Gasteiger partial charge in [-0.2, -0.15) is 0 Å². The van der Waals surface area contributed by atoms with Crippen molar-refractivity contribution in [3.63, 3.8) is 0 Å². The van der Waals surface area contributed by atoms with Crippen molar-refractivity contribution < 1.29 is 4.74 Å². The molecule has 3 nitrogen and oxygen atoms in total. The number of para-hydroxylation sites is 1. The highest BCUT2D eigenvalue weighted by Gasteiger charge is 2.38. The van der Waals surface area contributed by atoms with Gasteiger partial charge in [-0.1, -0.05) is 29.5 Å². The molecule has 0 spiro atoms. The Morgan fingerprint density at radius 3 is 3.17 bits per heavy atom. The number of aromatic nitrogens is 1. The van der Waals surface area contributed by atoms with E-state index in [0.717, 1.165) is 23.1 Å². The lowest BCUT2D eigenvalue weighted by Crippen LogP contribution is -2.30. The van der Waals surface area contributed by atoms with E-state index in [4.69, 9.17) is 4.74 Å². The average Bonchev–Trinajstić information content (AvgIpc) is 2.78. The molecule has 2 atom stereocenters. The summed E-state index contributed by atoms with van der Waals surface area (Å²) >= 11 is 3.10. The fourth-order valence-corrected chi connectivity index (χ4v) is 5.16. The van der Waals surface area contributed by atoms with Crippen molar-refractivity contribution in [2.75, 3.05) is 12.4 Å². The Bertz CT molecular complexity index is 661. The minimum Gasteiger partial charge on any atom is -0.493 e. The summed E-state index contributed by atoms with van der Waals surface area (Å²) in [6.45, 7) is 0.750. The first kappa shape index (κ1) is 10.7. The molecule has 0 saturated carbocycles. The third-order valence-electron chi connectivity index (χ3n) is 3.54. The summed E-state index contributed by atoms with van der Waals surface area (Å²) < 4.78 is 5.82. The second kappa shape index (κ2) is 3.90. The number of H-pyrrole nitrogens is 1. The Morgan fingerprint density at radius 2 is 2.22 bits per heavy atom. The van der Waals surface area contributed by atoms with Crippen LogP contribution in [0.3, 0.4) is 0 Å². The number of nitrogens with one attached hydrogen (secondary N) is 1. The SMILES string of the molecule is O=c1[nH]c2c(s1)[C@H]1c3ccccc3OC[C@H]1CS2. The van der Waals surface area contributed by atoms with Crippen LogP contribution in [0.15, 0.2) is 34.1 Å². The van der Waals surface area contributed by atoms with Gasteiger partial charge in [0.1, 0.15) is 5.75 Å². The molecule has 18 heavy (non-hydrogen) atoms. The molecule has 0 unspecified atom stereocenters. The van der Waals surface area contributed by atoms with Crippen LogP contribution in [-0.2, 0) is 0 Å². The third-order valence-corrected chi connectivity index (χ3v) is 5.84. The van der Waals surface area contributed by atoms with Crippen molar-refractivity contribution in [2.45, 2.75) is 10.9 Å². The van der Waals surface area contributed by atoms with Crippen LogP contribution in [-0.4, -0.2) is 17.3 Å². The molecule has 4 rings (SSSR count). The van der Waals surface area contributed by atoms with E-state index in [1.807, 2.05) is 18.2 Å². The van der Waals surface area contributed by atoms with E-state index in [-0.39, 0.29) is 4.87 Å². The molecule has 5 heteroatoms. The maximum Gasteiger partial charge on any atom is 0.305 e. The Balaban J connectivity index is 1.93. The van der Waals surface area contributed by atoms with Gasteiger partial charge in [-0.15, -0.1) is 11.8 Å². The van der Waals surface area contributed by atoms with Crippen LogP contribution in [0.25, 0.3) is 0 Å². The first-order chi connectivity index (χ1) is 8.83. The van der Waals surface area contributed by atoms with Gasteiger partial charge in [0.05, 0.1) is 11.6 Å². The van der Waals surface area contributed by atoms with Gasteiger partial charge in [0.25, 0.3) is 0 Å². The van der Waals surface area contributed by atoms with Gasteiger partial charge >= 0.3 is 4.87 Å². The maximum absolute atomic E-state index is 11.6. The lowest BCUT2D eigenvalue weighted by molar-refractivity contribution is 0.219. The summed E-state index contributed by atoms with van der Waals surface area (Å²) in [4.78, 5) is 15.8. The highest BCUT2D eigenvalue weighted by atomic mass is 32.2. The van der Waals surface area contributed by atoms with Crippen molar-refractivity contribution in [1.82, 2.24) is 4.98 Å². The Kier molecular flexibility index (Phi) is 2.32. The zero-order valence-corrected chi connectivity index (χ0v) is 11.1. The summed E-state index contributed by atoms with van der Waals surface area (Å²) in [5, 5.41) is 1.06. The van der Waals surface area contributed by atoms with Gasteiger partial charge < -0.3 is 9.72 Å². The molecule has 2 aliphatic rings. The quantitative estimate of drug-likeness (QED) is 0.805. The molecule has 92 valence electrons. The van der Waals surface area contributed by atoms with Crippen LogP contribution in [0.5, 0.6) is 5.75 Å². The molecule has 1 aromatic heterocycles. The van der Waals surface area contributed by atoms with Crippen molar-refractivity contribution >= 4 is 23.1 Å². The van der Waals surface area contributed by atoms with E-state index in [2.05, 4.69) is 11.1 Å². The minimum atomic E-state index is 0.0529. The van der Waals surface area contributed by atoms with Crippen LogP contribution >= 0.6 is 23.1 Å². The topological polar surface area (TPSA) is 42.1 Å². The van der Waals surface area contributed by atoms with Crippen molar-refractivity contribution in [1.29, 1.82) is 0 Å². The number of hydrogen-bond acceptors (Lipinski definition) is 4. The number of benzene rings is 1. The summed E-state index contributed by atoms with van der Waals surface area (Å²) in [7, 11) is 0. The van der Waals surface area contributed by atoms with E-state index in [1.54, 1.807) is 11.8 Å². The number of thiazole rings is 1. The van der Waals surface area contributed by atoms with Gasteiger partial charge in [-0.25, -0.2) is 0 Å². The lowest BCUT2D eigenvalue weighted by Gasteiger charge is -2.35.